The van der Waals surface area contributed by atoms with Crippen molar-refractivity contribution in [3.8, 4) is 11.5 Å². The average Bonchev–Trinajstić information content (AvgIpc) is 2.41. The Labute approximate surface area is 111 Å². The zero-order chi connectivity index (χ0) is 13.5. The molecule has 1 unspecified atom stereocenters. The number of hydrogen-bond acceptors (Lipinski definition) is 3. The van der Waals surface area contributed by atoms with Crippen LogP contribution < -0.4 is 4.74 Å². The van der Waals surface area contributed by atoms with E-state index in [1.54, 1.807) is 6.07 Å². The molecule has 3 nitrogen and oxygen atoms in total. The molecule has 1 aliphatic heterocycles. The van der Waals surface area contributed by atoms with Crippen molar-refractivity contribution in [1.82, 2.24) is 0 Å². The summed E-state index contributed by atoms with van der Waals surface area (Å²) in [7, 11) is 0. The maximum atomic E-state index is 12.2. The van der Waals surface area contributed by atoms with E-state index in [1.807, 2.05) is 37.3 Å². The summed E-state index contributed by atoms with van der Waals surface area (Å²) in [5.74, 6) is 0.600. The number of rotatable bonds is 1. The van der Waals surface area contributed by atoms with Gasteiger partial charge in [-0.05, 0) is 30.7 Å². The minimum atomic E-state index is -0.650. The maximum absolute atomic E-state index is 12.2. The van der Waals surface area contributed by atoms with E-state index in [4.69, 9.17) is 4.74 Å². The highest BCUT2D eigenvalue weighted by Gasteiger charge is 2.37. The van der Waals surface area contributed by atoms with E-state index in [0.717, 1.165) is 5.56 Å². The molecule has 3 heteroatoms. The van der Waals surface area contributed by atoms with Crippen LogP contribution in [0.1, 0.15) is 29.3 Å². The highest BCUT2D eigenvalue weighted by molar-refractivity contribution is 6.00. The largest absolute Gasteiger partial charge is 0.508 e. The lowest BCUT2D eigenvalue weighted by atomic mass is 9.86. The van der Waals surface area contributed by atoms with Crippen LogP contribution >= 0.6 is 0 Å². The Hall–Kier alpha value is -2.29. The van der Waals surface area contributed by atoms with Crippen LogP contribution in [-0.2, 0) is 5.60 Å². The Balaban J connectivity index is 2.06. The van der Waals surface area contributed by atoms with Crippen molar-refractivity contribution in [2.24, 2.45) is 0 Å². The number of fused-ring (bicyclic) bond motifs is 1. The van der Waals surface area contributed by atoms with Gasteiger partial charge in [-0.2, -0.15) is 0 Å². The van der Waals surface area contributed by atoms with Gasteiger partial charge in [0.05, 0.1) is 12.0 Å². The summed E-state index contributed by atoms with van der Waals surface area (Å²) in [5.41, 5.74) is 0.776. The number of carbonyl (C=O) groups is 1. The lowest BCUT2D eigenvalue weighted by Crippen LogP contribution is -2.36. The van der Waals surface area contributed by atoms with E-state index in [0.29, 0.717) is 11.3 Å². The standard InChI is InChI=1S/C16H14O3/c1-16(11-5-3-2-4-6-11)10-14(18)13-9-12(17)7-8-15(13)19-16/h2-9,17H,10H2,1H3. The monoisotopic (exact) mass is 254 g/mol. The molecule has 0 bridgehead atoms. The summed E-state index contributed by atoms with van der Waals surface area (Å²) in [6, 6.07) is 14.3. The van der Waals surface area contributed by atoms with Gasteiger partial charge in [-0.25, -0.2) is 0 Å². The predicted molar refractivity (Wildman–Crippen MR) is 71.5 cm³/mol. The van der Waals surface area contributed by atoms with E-state index in [9.17, 15) is 9.90 Å². The first-order chi connectivity index (χ1) is 9.08. The van der Waals surface area contributed by atoms with Crippen LogP contribution in [0.3, 0.4) is 0 Å². The van der Waals surface area contributed by atoms with E-state index in [2.05, 4.69) is 0 Å². The number of Topliss-reactive ketones (excluding diaryl/α,β-unsaturated/α-hetero) is 1. The number of carbonyl (C=O) groups excluding carboxylic acids is 1. The topological polar surface area (TPSA) is 46.5 Å². The van der Waals surface area contributed by atoms with E-state index in [1.165, 1.54) is 12.1 Å². The first-order valence-electron chi connectivity index (χ1n) is 6.19. The molecule has 1 aliphatic rings. The number of ether oxygens (including phenoxy) is 1. The molecule has 0 aliphatic carbocycles. The lowest BCUT2D eigenvalue weighted by molar-refractivity contribution is 0.0502. The van der Waals surface area contributed by atoms with Crippen molar-refractivity contribution in [2.45, 2.75) is 18.9 Å². The van der Waals surface area contributed by atoms with Crippen molar-refractivity contribution < 1.29 is 14.6 Å². The Bertz CT molecular complexity index is 634. The molecule has 0 radical (unpaired) electrons. The van der Waals surface area contributed by atoms with Crippen LogP contribution in [0.5, 0.6) is 11.5 Å². The third kappa shape index (κ3) is 1.97. The minimum Gasteiger partial charge on any atom is -0.508 e. The molecule has 1 atom stereocenters. The van der Waals surface area contributed by atoms with Crippen molar-refractivity contribution in [2.75, 3.05) is 0 Å². The quantitative estimate of drug-likeness (QED) is 0.849. The van der Waals surface area contributed by atoms with Gasteiger partial charge in [0.25, 0.3) is 0 Å². The van der Waals surface area contributed by atoms with E-state index >= 15 is 0 Å². The van der Waals surface area contributed by atoms with Gasteiger partial charge in [0, 0.05) is 0 Å². The Morgan fingerprint density at radius 1 is 1.16 bits per heavy atom. The SMILES string of the molecule is CC1(c2ccccc2)CC(=O)c2cc(O)ccc2O1. The number of hydrogen-bond donors (Lipinski definition) is 1. The van der Waals surface area contributed by atoms with Gasteiger partial charge in [-0.3, -0.25) is 4.79 Å². The molecule has 0 saturated carbocycles. The van der Waals surface area contributed by atoms with Crippen LogP contribution in [0.25, 0.3) is 0 Å². The summed E-state index contributed by atoms with van der Waals surface area (Å²) in [4.78, 5) is 12.2. The molecule has 0 fully saturated rings. The molecule has 1 N–H and O–H groups in total. The first kappa shape index (κ1) is 11.8. The van der Waals surface area contributed by atoms with Crippen molar-refractivity contribution in [3.63, 3.8) is 0 Å². The van der Waals surface area contributed by atoms with Crippen LogP contribution in [0.4, 0.5) is 0 Å². The maximum Gasteiger partial charge on any atom is 0.171 e. The second kappa shape index (κ2) is 4.12. The molecule has 1 heterocycles. The van der Waals surface area contributed by atoms with Gasteiger partial charge in [-0.15, -0.1) is 0 Å². The minimum absolute atomic E-state index is 0.0106. The van der Waals surface area contributed by atoms with Crippen molar-refractivity contribution >= 4 is 5.78 Å². The summed E-state index contributed by atoms with van der Waals surface area (Å²) < 4.78 is 6.00. The highest BCUT2D eigenvalue weighted by Crippen LogP contribution is 2.40. The molecule has 2 aromatic carbocycles. The van der Waals surface area contributed by atoms with Crippen LogP contribution in [0.2, 0.25) is 0 Å². The van der Waals surface area contributed by atoms with Gasteiger partial charge < -0.3 is 9.84 Å². The molecule has 0 saturated heterocycles. The first-order valence-corrected chi connectivity index (χ1v) is 6.19. The zero-order valence-electron chi connectivity index (χ0n) is 10.6. The van der Waals surface area contributed by atoms with Gasteiger partial charge >= 0.3 is 0 Å². The summed E-state index contributed by atoms with van der Waals surface area (Å²) >= 11 is 0. The summed E-state index contributed by atoms with van der Waals surface area (Å²) in [6.45, 7) is 1.91. The van der Waals surface area contributed by atoms with Gasteiger partial charge in [0.15, 0.2) is 5.78 Å². The molecule has 0 amide bonds. The number of benzene rings is 2. The average molecular weight is 254 g/mol. The number of phenols is 1. The molecule has 2 aromatic rings. The number of ketones is 1. The van der Waals surface area contributed by atoms with Gasteiger partial charge in [-0.1, -0.05) is 30.3 Å². The number of phenolic OH excluding ortho intramolecular Hbond substituents is 1. The van der Waals surface area contributed by atoms with Crippen LogP contribution in [0.15, 0.2) is 48.5 Å². The van der Waals surface area contributed by atoms with E-state index in [-0.39, 0.29) is 18.0 Å². The normalized spacial score (nSPS) is 21.6. The molecule has 0 aromatic heterocycles. The third-order valence-corrected chi connectivity index (χ3v) is 3.48. The fourth-order valence-electron chi connectivity index (χ4n) is 2.46. The molecule has 96 valence electrons. The highest BCUT2D eigenvalue weighted by atomic mass is 16.5. The smallest absolute Gasteiger partial charge is 0.171 e. The third-order valence-electron chi connectivity index (χ3n) is 3.48. The van der Waals surface area contributed by atoms with E-state index < -0.39 is 5.60 Å². The molecule has 0 spiro atoms. The second-order valence-electron chi connectivity index (χ2n) is 4.98. The van der Waals surface area contributed by atoms with Gasteiger partial charge in [0.2, 0.25) is 0 Å². The Morgan fingerprint density at radius 2 is 1.89 bits per heavy atom. The van der Waals surface area contributed by atoms with Crippen molar-refractivity contribution in [3.05, 3.63) is 59.7 Å². The fourth-order valence-corrected chi connectivity index (χ4v) is 2.46. The molecule has 3 rings (SSSR count). The molecule has 19 heavy (non-hydrogen) atoms. The predicted octanol–water partition coefficient (Wildman–Crippen LogP) is 3.27. The summed E-state index contributed by atoms with van der Waals surface area (Å²) in [6.07, 6.45) is 0.271. The fraction of sp³-hybridized carbons (Fsp3) is 0.188. The van der Waals surface area contributed by atoms with Crippen molar-refractivity contribution in [1.29, 1.82) is 0 Å². The lowest BCUT2D eigenvalue weighted by Gasteiger charge is -2.35. The Kier molecular flexibility index (Phi) is 2.56. The number of aromatic hydroxyl groups is 1. The zero-order valence-corrected chi connectivity index (χ0v) is 10.6. The summed E-state index contributed by atoms with van der Waals surface area (Å²) in [5, 5.41) is 9.45. The van der Waals surface area contributed by atoms with Crippen LogP contribution in [-0.4, -0.2) is 10.9 Å². The van der Waals surface area contributed by atoms with Gasteiger partial charge in [0.1, 0.15) is 17.1 Å². The second-order valence-corrected chi connectivity index (χ2v) is 4.98. The van der Waals surface area contributed by atoms with Crippen LogP contribution in [0, 0.1) is 0 Å². The molecular formula is C16H14O3. The Morgan fingerprint density at radius 3 is 2.63 bits per heavy atom. The molecular weight excluding hydrogens is 240 g/mol.